The fourth-order valence-electron chi connectivity index (χ4n) is 3.30. The minimum Gasteiger partial charge on any atom is -0.491 e. The number of nitrogens with one attached hydrogen (secondary N) is 1. The summed E-state index contributed by atoms with van der Waals surface area (Å²) in [7, 11) is 3.31. The van der Waals surface area contributed by atoms with Crippen molar-refractivity contribution in [1.82, 2.24) is 15.1 Å². The van der Waals surface area contributed by atoms with Gasteiger partial charge in [0.2, 0.25) is 0 Å². The average Bonchev–Trinajstić information content (AvgIpc) is 3.34. The van der Waals surface area contributed by atoms with E-state index in [0.717, 1.165) is 57.7 Å². The van der Waals surface area contributed by atoms with Crippen molar-refractivity contribution in [2.45, 2.75) is 12.8 Å². The minimum atomic E-state index is -0.869. The van der Waals surface area contributed by atoms with Crippen molar-refractivity contribution in [1.29, 1.82) is 0 Å². The average molecular weight is 353 g/mol. The Balaban J connectivity index is 1.55. The maximum absolute atomic E-state index is 13.7. The lowest BCUT2D eigenvalue weighted by Crippen LogP contribution is -2.47. The molecule has 0 atom stereocenters. The molecule has 138 valence electrons. The fraction of sp³-hybridized carbons (Fsp3) is 0.611. The highest BCUT2D eigenvalue weighted by Gasteiger charge is 2.44. The number of halogens is 2. The smallest absolute Gasteiger partial charge is 0.251 e. The van der Waals surface area contributed by atoms with Crippen LogP contribution in [0.3, 0.4) is 0 Å². The van der Waals surface area contributed by atoms with Crippen LogP contribution < -0.4 is 10.1 Å². The van der Waals surface area contributed by atoms with Crippen molar-refractivity contribution in [3.8, 4) is 5.75 Å². The van der Waals surface area contributed by atoms with Crippen LogP contribution >= 0.6 is 0 Å². The molecule has 1 N–H and O–H groups in total. The molecule has 25 heavy (non-hydrogen) atoms. The minimum absolute atomic E-state index is 0.0220. The number of hydrogen-bond acceptors (Lipinski definition) is 4. The highest BCUT2D eigenvalue weighted by atomic mass is 19.1. The summed E-state index contributed by atoms with van der Waals surface area (Å²) >= 11 is 0. The Morgan fingerprint density at radius 3 is 2.32 bits per heavy atom. The Kier molecular flexibility index (Phi) is 5.24. The Hall–Kier alpha value is -1.73. The van der Waals surface area contributed by atoms with E-state index in [1.807, 2.05) is 0 Å². The van der Waals surface area contributed by atoms with Crippen LogP contribution in [0.25, 0.3) is 0 Å². The van der Waals surface area contributed by atoms with Gasteiger partial charge in [-0.1, -0.05) is 0 Å². The molecule has 5 nitrogen and oxygen atoms in total. The van der Waals surface area contributed by atoms with Crippen molar-refractivity contribution in [2.75, 3.05) is 53.4 Å². The van der Waals surface area contributed by atoms with Gasteiger partial charge in [-0.2, -0.15) is 0 Å². The van der Waals surface area contributed by atoms with E-state index in [9.17, 15) is 13.6 Å². The number of hydrogen-bond donors (Lipinski definition) is 1. The standard InChI is InChI=1S/C18H25F2N3O2/c1-22-5-7-23(8-6-22)12-18(3-4-18)11-21-17(24)13-9-14(19)16(25-2)15(20)10-13/h9-10H,3-8,11-12H2,1-2H3,(H,21,24). The SMILES string of the molecule is COc1c(F)cc(C(=O)NCC2(CN3CCN(C)CC3)CC2)cc1F. The molecule has 1 aromatic rings. The first-order valence-electron chi connectivity index (χ1n) is 8.65. The summed E-state index contributed by atoms with van der Waals surface area (Å²) in [6.07, 6.45) is 2.15. The molecule has 1 saturated heterocycles. The first kappa shape index (κ1) is 18.1. The summed E-state index contributed by atoms with van der Waals surface area (Å²) in [5.41, 5.74) is 0.0842. The lowest BCUT2D eigenvalue weighted by molar-refractivity contribution is 0.0926. The van der Waals surface area contributed by atoms with Gasteiger partial charge in [-0.3, -0.25) is 4.79 Å². The molecule has 2 aliphatic rings. The van der Waals surface area contributed by atoms with Crippen LogP contribution in [0.15, 0.2) is 12.1 Å². The topological polar surface area (TPSA) is 44.8 Å². The Morgan fingerprint density at radius 1 is 1.20 bits per heavy atom. The summed E-state index contributed by atoms with van der Waals surface area (Å²) in [6, 6.07) is 2.02. The molecule has 0 unspecified atom stereocenters. The van der Waals surface area contributed by atoms with Crippen LogP contribution in [-0.2, 0) is 0 Å². The van der Waals surface area contributed by atoms with E-state index < -0.39 is 23.3 Å². The van der Waals surface area contributed by atoms with Crippen molar-refractivity contribution < 1.29 is 18.3 Å². The number of benzene rings is 1. The predicted molar refractivity (Wildman–Crippen MR) is 90.8 cm³/mol. The molecule has 1 aromatic carbocycles. The number of carbonyl (C=O) groups is 1. The van der Waals surface area contributed by atoms with Crippen molar-refractivity contribution in [3.63, 3.8) is 0 Å². The first-order chi connectivity index (χ1) is 11.9. The van der Waals surface area contributed by atoms with E-state index >= 15 is 0 Å². The molecule has 1 saturated carbocycles. The molecular weight excluding hydrogens is 328 g/mol. The second kappa shape index (κ2) is 7.25. The van der Waals surface area contributed by atoms with Crippen LogP contribution in [0.2, 0.25) is 0 Å². The van der Waals surface area contributed by atoms with Gasteiger partial charge in [0.15, 0.2) is 17.4 Å². The third kappa shape index (κ3) is 4.27. The van der Waals surface area contributed by atoms with Crippen LogP contribution in [0, 0.1) is 17.0 Å². The van der Waals surface area contributed by atoms with E-state index in [4.69, 9.17) is 0 Å². The molecule has 3 rings (SSSR count). The summed E-state index contributed by atoms with van der Waals surface area (Å²) in [4.78, 5) is 17.0. The van der Waals surface area contributed by atoms with E-state index in [2.05, 4.69) is 26.9 Å². The molecule has 2 fully saturated rings. The van der Waals surface area contributed by atoms with E-state index in [1.165, 1.54) is 7.11 Å². The van der Waals surface area contributed by atoms with Crippen molar-refractivity contribution in [2.24, 2.45) is 5.41 Å². The highest BCUT2D eigenvalue weighted by Crippen LogP contribution is 2.45. The quantitative estimate of drug-likeness (QED) is 0.846. The predicted octanol–water partition coefficient (Wildman–Crippen LogP) is 1.73. The maximum atomic E-state index is 13.7. The van der Waals surface area contributed by atoms with Crippen LogP contribution in [-0.4, -0.2) is 69.1 Å². The van der Waals surface area contributed by atoms with Gasteiger partial charge in [0.05, 0.1) is 7.11 Å². The number of rotatable bonds is 6. The zero-order valence-corrected chi connectivity index (χ0v) is 14.8. The van der Waals surface area contributed by atoms with Gasteiger partial charge < -0.3 is 19.9 Å². The third-order valence-electron chi connectivity index (χ3n) is 5.20. The van der Waals surface area contributed by atoms with Crippen molar-refractivity contribution in [3.05, 3.63) is 29.3 Å². The highest BCUT2D eigenvalue weighted by molar-refractivity contribution is 5.94. The van der Waals surface area contributed by atoms with Gasteiger partial charge in [-0.05, 0) is 32.0 Å². The number of carbonyl (C=O) groups excluding carboxylic acids is 1. The van der Waals surface area contributed by atoms with Gasteiger partial charge >= 0.3 is 0 Å². The van der Waals surface area contributed by atoms with E-state index in [0.29, 0.717) is 6.54 Å². The number of amides is 1. The zero-order chi connectivity index (χ0) is 18.0. The molecule has 1 heterocycles. The third-order valence-corrected chi connectivity index (χ3v) is 5.20. The molecule has 0 spiro atoms. The lowest BCUT2D eigenvalue weighted by atomic mass is 10.1. The number of piperazine rings is 1. The molecule has 7 heteroatoms. The van der Waals surface area contributed by atoms with E-state index in [1.54, 1.807) is 0 Å². The monoisotopic (exact) mass is 353 g/mol. The number of nitrogens with zero attached hydrogens (tertiary/aromatic N) is 2. The number of likely N-dealkylation sites (N-methyl/N-ethyl adjacent to an activating group) is 1. The molecule has 1 aliphatic heterocycles. The zero-order valence-electron chi connectivity index (χ0n) is 14.8. The summed E-state index contributed by atoms with van der Waals surface area (Å²) < 4.78 is 32.1. The number of methoxy groups -OCH3 is 1. The summed E-state index contributed by atoms with van der Waals surface area (Å²) in [5.74, 6) is -2.66. The summed E-state index contributed by atoms with van der Waals surface area (Å²) in [6.45, 7) is 5.71. The van der Waals surface area contributed by atoms with Gasteiger partial charge in [-0.25, -0.2) is 8.78 Å². The van der Waals surface area contributed by atoms with Gasteiger partial charge in [0.1, 0.15) is 0 Å². The molecule has 0 radical (unpaired) electrons. The van der Waals surface area contributed by atoms with Gasteiger partial charge in [-0.15, -0.1) is 0 Å². The van der Waals surface area contributed by atoms with Crippen LogP contribution in [0.1, 0.15) is 23.2 Å². The van der Waals surface area contributed by atoms with Crippen molar-refractivity contribution >= 4 is 5.91 Å². The Labute approximate surface area is 146 Å². The van der Waals surface area contributed by atoms with Crippen LogP contribution in [0.5, 0.6) is 5.75 Å². The maximum Gasteiger partial charge on any atom is 0.251 e. The van der Waals surface area contributed by atoms with Gasteiger partial charge in [0, 0.05) is 50.2 Å². The molecular formula is C18H25F2N3O2. The van der Waals surface area contributed by atoms with Gasteiger partial charge in [0.25, 0.3) is 5.91 Å². The summed E-state index contributed by atoms with van der Waals surface area (Å²) in [5, 5.41) is 2.84. The normalized spacial score (nSPS) is 20.3. The fourth-order valence-corrected chi connectivity index (χ4v) is 3.30. The molecule has 1 amide bonds. The molecule has 1 aliphatic carbocycles. The molecule has 0 bridgehead atoms. The Bertz CT molecular complexity index is 618. The second-order valence-electron chi connectivity index (χ2n) is 7.24. The lowest BCUT2D eigenvalue weighted by Gasteiger charge is -2.34. The number of ether oxygens (including phenoxy) is 1. The van der Waals surface area contributed by atoms with E-state index in [-0.39, 0.29) is 11.0 Å². The Morgan fingerprint density at radius 2 is 1.80 bits per heavy atom. The molecule has 0 aromatic heterocycles. The van der Waals surface area contributed by atoms with Crippen LogP contribution in [0.4, 0.5) is 8.78 Å². The first-order valence-corrected chi connectivity index (χ1v) is 8.65. The second-order valence-corrected chi connectivity index (χ2v) is 7.24. The largest absolute Gasteiger partial charge is 0.491 e.